The van der Waals surface area contributed by atoms with Gasteiger partial charge in [-0.15, -0.1) is 0 Å². The van der Waals surface area contributed by atoms with E-state index in [-0.39, 0.29) is 105 Å². The zero-order valence-corrected chi connectivity index (χ0v) is 10.6. The van der Waals surface area contributed by atoms with Crippen LogP contribution in [0.15, 0.2) is 0 Å². The van der Waals surface area contributed by atoms with E-state index in [1.165, 1.54) is 0 Å². The first-order valence-corrected chi connectivity index (χ1v) is 0. The van der Waals surface area contributed by atoms with E-state index in [1.807, 2.05) is 0 Å². The third kappa shape index (κ3) is 9.02. The second kappa shape index (κ2) is 16.2. The van der Waals surface area contributed by atoms with Gasteiger partial charge < -0.3 is 0 Å². The van der Waals surface area contributed by atoms with Gasteiger partial charge in [0.05, 0.1) is 0 Å². The summed E-state index contributed by atoms with van der Waals surface area (Å²) in [6, 6.07) is 0. The molecule has 0 heterocycles. The van der Waals surface area contributed by atoms with Gasteiger partial charge in [0, 0.05) is 105 Å². The van der Waals surface area contributed by atoms with Crippen LogP contribution >= 0.6 is 0 Å². The third-order valence-electron chi connectivity index (χ3n) is 0. The Bertz CT molecular complexity index is 8.00. The van der Waals surface area contributed by atoms with Crippen LogP contribution < -0.4 is 0 Å². The maximum absolute atomic E-state index is 0. The summed E-state index contributed by atoms with van der Waals surface area (Å²) in [4.78, 5) is 0. The fraction of sp³-hybridized carbons (Fsp3) is 0. The molecule has 0 spiro atoms. The van der Waals surface area contributed by atoms with Crippen LogP contribution in [0.25, 0.3) is 0 Å². The summed E-state index contributed by atoms with van der Waals surface area (Å²) in [5.41, 5.74) is 0. The second-order valence-electron chi connectivity index (χ2n) is 0. The van der Waals surface area contributed by atoms with E-state index in [0.29, 0.717) is 0 Å². The van der Waals surface area contributed by atoms with Gasteiger partial charge in [-0.2, -0.15) is 0 Å². The first kappa shape index (κ1) is 26.5. The van der Waals surface area contributed by atoms with Crippen molar-refractivity contribution in [2.75, 3.05) is 0 Å². The zero-order chi connectivity index (χ0) is 0. The van der Waals surface area contributed by atoms with Gasteiger partial charge in [-0.3, -0.25) is 0 Å². The van der Waals surface area contributed by atoms with Crippen LogP contribution in [0.4, 0.5) is 0 Å². The first-order chi connectivity index (χ1) is 0. The Balaban J connectivity index is 0. The molecule has 0 atom stereocenters. The Hall–Kier alpha value is 3.34. The quantitative estimate of drug-likeness (QED) is 0.525. The Morgan fingerprint density at radius 1 is 1.00 bits per heavy atom. The maximum Gasteiger partial charge on any atom is 0 e. The standard InChI is InChI=1S/Ba.Co.Fe.Nb. The van der Waals surface area contributed by atoms with Crippen LogP contribution in [0.1, 0.15) is 0 Å². The predicted octanol–water partition coefficient (Wildman–Crippen LogP) is -0.388. The average molecular weight is 345 g/mol. The molecular formula is BaCoFeNb. The Labute approximate surface area is 102 Å². The fourth-order valence-electron chi connectivity index (χ4n) is 0. The number of hydrogen-bond acceptors (Lipinski definition) is 0. The molecule has 0 nitrogen and oxygen atoms in total. The van der Waals surface area contributed by atoms with Crippen LogP contribution in [-0.2, 0) is 56.2 Å². The molecule has 0 unspecified atom stereocenters. The molecule has 4 heavy (non-hydrogen) atoms. The molecule has 4 heteroatoms. The van der Waals surface area contributed by atoms with Gasteiger partial charge in [-0.1, -0.05) is 0 Å². The largest absolute Gasteiger partial charge is 0 e. The van der Waals surface area contributed by atoms with Gasteiger partial charge in [0.15, 0.2) is 0 Å². The van der Waals surface area contributed by atoms with Crippen LogP contribution in [0, 0.1) is 0 Å². The molecule has 0 aliphatic carbocycles. The van der Waals surface area contributed by atoms with E-state index in [1.54, 1.807) is 0 Å². The van der Waals surface area contributed by atoms with Gasteiger partial charge in [0.1, 0.15) is 0 Å². The Morgan fingerprint density at radius 2 is 1.00 bits per heavy atom. The number of rotatable bonds is 0. The Kier molecular flexibility index (Phi) is 107. The summed E-state index contributed by atoms with van der Waals surface area (Å²) in [6.45, 7) is 0. The van der Waals surface area contributed by atoms with Gasteiger partial charge in [0.25, 0.3) is 0 Å². The van der Waals surface area contributed by atoms with Crippen LogP contribution in [-0.4, -0.2) is 48.9 Å². The minimum Gasteiger partial charge on any atom is 0 e. The van der Waals surface area contributed by atoms with Crippen molar-refractivity contribution >= 4 is 48.9 Å². The van der Waals surface area contributed by atoms with E-state index in [9.17, 15) is 0 Å². The first-order valence-electron chi connectivity index (χ1n) is 0. The normalized spacial score (nSPS) is 0. The minimum absolute atomic E-state index is 0. The average Bonchev–Trinajstić information content (AvgIpc) is 0. The van der Waals surface area contributed by atoms with Crippen molar-refractivity contribution in [3.63, 3.8) is 0 Å². The van der Waals surface area contributed by atoms with Crippen molar-refractivity contribution in [2.24, 2.45) is 0 Å². The molecule has 0 saturated carbocycles. The molecule has 0 aliphatic heterocycles. The molecule has 0 aromatic rings. The second-order valence-corrected chi connectivity index (χ2v) is 0. The van der Waals surface area contributed by atoms with Crippen molar-refractivity contribution in [1.29, 1.82) is 0 Å². The topological polar surface area (TPSA) is 0 Å². The number of hydrogen-bond donors (Lipinski definition) is 0. The van der Waals surface area contributed by atoms with Crippen LogP contribution in [0.3, 0.4) is 0 Å². The van der Waals surface area contributed by atoms with E-state index in [4.69, 9.17) is 0 Å². The predicted molar refractivity (Wildman–Crippen MR) is 5.75 cm³/mol. The molecule has 0 amide bonds. The molecule has 0 aliphatic rings. The molecule has 0 saturated heterocycles. The molecule has 0 rings (SSSR count). The molecule has 0 bridgehead atoms. The van der Waals surface area contributed by atoms with Gasteiger partial charge in [0.2, 0.25) is 0 Å². The van der Waals surface area contributed by atoms with Crippen molar-refractivity contribution in [3.8, 4) is 0 Å². The fourth-order valence-corrected chi connectivity index (χ4v) is 0. The third-order valence-corrected chi connectivity index (χ3v) is 0. The molecule has 4 radical (unpaired) electrons. The van der Waals surface area contributed by atoms with Crippen molar-refractivity contribution in [1.82, 2.24) is 0 Å². The van der Waals surface area contributed by atoms with Crippen molar-refractivity contribution < 1.29 is 56.2 Å². The van der Waals surface area contributed by atoms with Crippen LogP contribution in [0.5, 0.6) is 0 Å². The summed E-state index contributed by atoms with van der Waals surface area (Å²) in [5.74, 6) is 0. The molecule has 0 aromatic heterocycles. The molecule has 0 N–H and O–H groups in total. The summed E-state index contributed by atoms with van der Waals surface area (Å²) in [6.07, 6.45) is 0. The molecule has 0 aromatic carbocycles. The Morgan fingerprint density at radius 3 is 1.00 bits per heavy atom. The van der Waals surface area contributed by atoms with Gasteiger partial charge >= 0.3 is 0 Å². The maximum atomic E-state index is 0. The SMILES string of the molecule is [Ba].[Co].[Fe].[Nb]. The van der Waals surface area contributed by atoms with Crippen molar-refractivity contribution in [3.05, 3.63) is 0 Å². The van der Waals surface area contributed by atoms with Gasteiger partial charge in [-0.05, 0) is 0 Å². The molecule has 24 valence electrons. The summed E-state index contributed by atoms with van der Waals surface area (Å²) < 4.78 is 0. The monoisotopic (exact) mass is 346 g/mol. The smallest absolute Gasteiger partial charge is 0 e. The van der Waals surface area contributed by atoms with E-state index in [2.05, 4.69) is 0 Å². The molecular weight excluding hydrogens is 345 g/mol. The molecule has 0 fully saturated rings. The summed E-state index contributed by atoms with van der Waals surface area (Å²) >= 11 is 0. The summed E-state index contributed by atoms with van der Waals surface area (Å²) in [7, 11) is 0. The van der Waals surface area contributed by atoms with Crippen LogP contribution in [0.2, 0.25) is 0 Å². The van der Waals surface area contributed by atoms with E-state index >= 15 is 0 Å². The zero-order valence-electron chi connectivity index (χ0n) is 1.84. The summed E-state index contributed by atoms with van der Waals surface area (Å²) in [5, 5.41) is 0. The van der Waals surface area contributed by atoms with E-state index in [0.717, 1.165) is 0 Å². The minimum atomic E-state index is 0. The van der Waals surface area contributed by atoms with Gasteiger partial charge in [-0.25, -0.2) is 0 Å². The van der Waals surface area contributed by atoms with Crippen molar-refractivity contribution in [2.45, 2.75) is 0 Å². The van der Waals surface area contributed by atoms with E-state index < -0.39 is 0 Å².